The molecule has 0 aliphatic carbocycles. The van der Waals surface area contributed by atoms with Crippen LogP contribution in [-0.4, -0.2) is 60.8 Å². The molecule has 1 aliphatic heterocycles. The molecule has 6 heteroatoms. The van der Waals surface area contributed by atoms with Gasteiger partial charge in [-0.1, -0.05) is 6.92 Å². The predicted molar refractivity (Wildman–Crippen MR) is 80.9 cm³/mol. The number of aromatic nitrogens is 2. The van der Waals surface area contributed by atoms with Gasteiger partial charge in [-0.25, -0.2) is 4.98 Å². The fraction of sp³-hybridized carbons (Fsp3) is 0.714. The van der Waals surface area contributed by atoms with Crippen LogP contribution in [-0.2, 0) is 4.74 Å². The molecule has 0 unspecified atom stereocenters. The molecule has 0 amide bonds. The van der Waals surface area contributed by atoms with Gasteiger partial charge in [-0.05, 0) is 13.3 Å². The van der Waals surface area contributed by atoms with E-state index in [1.165, 1.54) is 0 Å². The third-order valence-electron chi connectivity index (χ3n) is 3.84. The molecule has 0 spiro atoms. The Labute approximate surface area is 120 Å². The van der Waals surface area contributed by atoms with Crippen LogP contribution in [0, 0.1) is 6.92 Å². The van der Waals surface area contributed by atoms with Crippen LogP contribution in [0.5, 0.6) is 0 Å². The van der Waals surface area contributed by atoms with Crippen molar-refractivity contribution in [1.29, 1.82) is 0 Å². The number of hydrogen-bond donors (Lipinski definition) is 1. The Kier molecular flexibility index (Phi) is 5.14. The molecule has 1 aromatic rings. The van der Waals surface area contributed by atoms with Crippen molar-refractivity contribution >= 4 is 11.8 Å². The molecule has 1 saturated heterocycles. The first kappa shape index (κ1) is 15.0. The van der Waals surface area contributed by atoms with Gasteiger partial charge in [0.05, 0.1) is 6.61 Å². The quantitative estimate of drug-likeness (QED) is 0.864. The van der Waals surface area contributed by atoms with Crippen LogP contribution in [0.2, 0.25) is 0 Å². The lowest BCUT2D eigenvalue weighted by Gasteiger charge is -2.41. The van der Waals surface area contributed by atoms with E-state index in [-0.39, 0.29) is 0 Å². The number of ether oxygens (including phenoxy) is 1. The molecule has 1 aliphatic rings. The van der Waals surface area contributed by atoms with Gasteiger partial charge in [0.25, 0.3) is 0 Å². The predicted octanol–water partition coefficient (Wildman–Crippen LogP) is 0.914. The highest BCUT2D eigenvalue weighted by molar-refractivity contribution is 5.44. The van der Waals surface area contributed by atoms with Crippen molar-refractivity contribution in [3.63, 3.8) is 0 Å². The number of rotatable bonds is 5. The van der Waals surface area contributed by atoms with Crippen molar-refractivity contribution in [1.82, 2.24) is 14.9 Å². The van der Waals surface area contributed by atoms with Gasteiger partial charge in [0.1, 0.15) is 5.82 Å². The van der Waals surface area contributed by atoms with E-state index in [0.29, 0.717) is 12.0 Å². The number of anilines is 2. The average molecular weight is 279 g/mol. The van der Waals surface area contributed by atoms with E-state index in [9.17, 15) is 0 Å². The minimum Gasteiger partial charge on any atom is -0.383 e. The average Bonchev–Trinajstić information content (AvgIpc) is 2.43. The lowest BCUT2D eigenvalue weighted by molar-refractivity contribution is 0.109. The maximum Gasteiger partial charge on any atom is 0.222 e. The zero-order chi connectivity index (χ0) is 14.5. The van der Waals surface area contributed by atoms with E-state index in [4.69, 9.17) is 10.5 Å². The number of nitrogens with two attached hydrogens (primary N) is 1. The zero-order valence-corrected chi connectivity index (χ0v) is 12.7. The van der Waals surface area contributed by atoms with Crippen molar-refractivity contribution in [3.05, 3.63) is 11.8 Å². The van der Waals surface area contributed by atoms with Gasteiger partial charge in [0, 0.05) is 51.1 Å². The summed E-state index contributed by atoms with van der Waals surface area (Å²) in [5.74, 6) is 1.30. The molecular weight excluding hydrogens is 254 g/mol. The molecule has 6 nitrogen and oxygen atoms in total. The molecular formula is C14H25N5O. The van der Waals surface area contributed by atoms with Crippen molar-refractivity contribution in [2.45, 2.75) is 26.3 Å². The van der Waals surface area contributed by atoms with Gasteiger partial charge in [0.15, 0.2) is 0 Å². The van der Waals surface area contributed by atoms with Crippen molar-refractivity contribution in [2.24, 2.45) is 0 Å². The molecule has 0 radical (unpaired) electrons. The highest BCUT2D eigenvalue weighted by Gasteiger charge is 2.26. The molecule has 2 heterocycles. The highest BCUT2D eigenvalue weighted by Crippen LogP contribution is 2.20. The maximum atomic E-state index is 5.75. The Morgan fingerprint density at radius 3 is 2.85 bits per heavy atom. The lowest BCUT2D eigenvalue weighted by Crippen LogP contribution is -2.54. The van der Waals surface area contributed by atoms with Crippen LogP contribution >= 0.6 is 0 Å². The third-order valence-corrected chi connectivity index (χ3v) is 3.84. The first-order chi connectivity index (χ1) is 9.63. The molecule has 0 saturated carbocycles. The smallest absolute Gasteiger partial charge is 0.222 e. The normalized spacial score (nSPS) is 20.4. The SMILES string of the molecule is CC[C@H]1CN(c2cc(C)nc(N)n2)CCN1CCOC. The molecule has 1 atom stereocenters. The van der Waals surface area contributed by atoms with Crippen LogP contribution in [0.4, 0.5) is 11.8 Å². The second kappa shape index (κ2) is 6.85. The second-order valence-electron chi connectivity index (χ2n) is 5.26. The summed E-state index contributed by atoms with van der Waals surface area (Å²) in [6, 6.07) is 2.55. The Balaban J connectivity index is 2.05. The van der Waals surface area contributed by atoms with Gasteiger partial charge in [-0.15, -0.1) is 0 Å². The van der Waals surface area contributed by atoms with Gasteiger partial charge < -0.3 is 15.4 Å². The second-order valence-corrected chi connectivity index (χ2v) is 5.26. The fourth-order valence-corrected chi connectivity index (χ4v) is 2.73. The summed E-state index contributed by atoms with van der Waals surface area (Å²) in [5.41, 5.74) is 6.67. The van der Waals surface area contributed by atoms with Crippen LogP contribution in [0.15, 0.2) is 6.07 Å². The van der Waals surface area contributed by atoms with E-state index in [1.54, 1.807) is 7.11 Å². The van der Waals surface area contributed by atoms with Gasteiger partial charge in [-0.3, -0.25) is 4.90 Å². The van der Waals surface area contributed by atoms with Gasteiger partial charge in [-0.2, -0.15) is 4.98 Å². The van der Waals surface area contributed by atoms with Gasteiger partial charge in [0.2, 0.25) is 5.95 Å². The number of methoxy groups -OCH3 is 1. The summed E-state index contributed by atoms with van der Waals surface area (Å²) in [6.07, 6.45) is 1.12. The monoisotopic (exact) mass is 279 g/mol. The summed E-state index contributed by atoms with van der Waals surface area (Å²) in [7, 11) is 1.75. The molecule has 0 aromatic carbocycles. The van der Waals surface area contributed by atoms with Crippen LogP contribution in [0.25, 0.3) is 0 Å². The molecule has 0 bridgehead atoms. The summed E-state index contributed by atoms with van der Waals surface area (Å²) in [5, 5.41) is 0. The summed E-state index contributed by atoms with van der Waals surface area (Å²) in [6.45, 7) is 8.95. The first-order valence-corrected chi connectivity index (χ1v) is 7.23. The minimum absolute atomic E-state index is 0.356. The molecule has 1 fully saturated rings. The number of piperazine rings is 1. The fourth-order valence-electron chi connectivity index (χ4n) is 2.73. The Morgan fingerprint density at radius 1 is 1.40 bits per heavy atom. The van der Waals surface area contributed by atoms with Crippen LogP contribution in [0.1, 0.15) is 19.0 Å². The molecule has 1 aromatic heterocycles. The lowest BCUT2D eigenvalue weighted by atomic mass is 10.1. The van der Waals surface area contributed by atoms with Crippen molar-refractivity contribution in [2.75, 3.05) is 50.5 Å². The highest BCUT2D eigenvalue weighted by atomic mass is 16.5. The van der Waals surface area contributed by atoms with E-state index >= 15 is 0 Å². The number of nitrogens with zero attached hydrogens (tertiary/aromatic N) is 4. The third kappa shape index (κ3) is 3.58. The minimum atomic E-state index is 0.356. The number of hydrogen-bond acceptors (Lipinski definition) is 6. The zero-order valence-electron chi connectivity index (χ0n) is 12.7. The summed E-state index contributed by atoms with van der Waals surface area (Å²) in [4.78, 5) is 13.3. The Hall–Kier alpha value is -1.40. The first-order valence-electron chi connectivity index (χ1n) is 7.23. The molecule has 20 heavy (non-hydrogen) atoms. The van der Waals surface area contributed by atoms with E-state index in [0.717, 1.165) is 50.7 Å². The maximum absolute atomic E-state index is 5.75. The summed E-state index contributed by atoms with van der Waals surface area (Å²) >= 11 is 0. The Bertz CT molecular complexity index is 419. The van der Waals surface area contributed by atoms with Crippen molar-refractivity contribution in [3.8, 4) is 0 Å². The van der Waals surface area contributed by atoms with Gasteiger partial charge >= 0.3 is 0 Å². The summed E-state index contributed by atoms with van der Waals surface area (Å²) < 4.78 is 5.19. The van der Waals surface area contributed by atoms with Crippen LogP contribution in [0.3, 0.4) is 0 Å². The van der Waals surface area contributed by atoms with E-state index in [2.05, 4.69) is 26.7 Å². The number of aryl methyl sites for hydroxylation is 1. The number of nitrogen functional groups attached to an aromatic ring is 1. The van der Waals surface area contributed by atoms with Crippen molar-refractivity contribution < 1.29 is 4.74 Å². The molecule has 2 rings (SSSR count). The van der Waals surface area contributed by atoms with E-state index < -0.39 is 0 Å². The Morgan fingerprint density at radius 2 is 2.20 bits per heavy atom. The molecule has 2 N–H and O–H groups in total. The molecule has 112 valence electrons. The largest absolute Gasteiger partial charge is 0.383 e. The standard InChI is InChI=1S/C14H25N5O/c1-4-12-10-19(6-5-18(12)7-8-20-3)13-9-11(2)16-14(15)17-13/h9,12H,4-8,10H2,1-3H3,(H2,15,16,17)/t12-/m0/s1. The van der Waals surface area contributed by atoms with E-state index in [1.807, 2.05) is 13.0 Å². The van der Waals surface area contributed by atoms with Crippen LogP contribution < -0.4 is 10.6 Å². The topological polar surface area (TPSA) is 67.5 Å².